The molecule has 11 heteroatoms. The van der Waals surface area contributed by atoms with Gasteiger partial charge in [0.2, 0.25) is 0 Å². The number of carbonyl (C=O) groups is 2. The fraction of sp³-hybridized carbons (Fsp3) is 0.367. The fourth-order valence-corrected chi connectivity index (χ4v) is 5.06. The topological polar surface area (TPSA) is 135 Å². The molecule has 0 spiro atoms. The third-order valence-electron chi connectivity index (χ3n) is 6.81. The van der Waals surface area contributed by atoms with Crippen LogP contribution in [0.5, 0.6) is 11.5 Å². The minimum atomic E-state index is -1.10. The van der Waals surface area contributed by atoms with Gasteiger partial charge >= 0.3 is 12.0 Å². The Balaban J connectivity index is 1.47. The number of hydrogen-bond donors (Lipinski definition) is 4. The van der Waals surface area contributed by atoms with Crippen LogP contribution in [0.15, 0.2) is 58.8 Å². The average molecular weight is 564 g/mol. The maximum absolute atomic E-state index is 12.4. The lowest BCUT2D eigenvalue weighted by molar-refractivity contribution is -0.136. The summed E-state index contributed by atoms with van der Waals surface area (Å²) >= 11 is 0. The van der Waals surface area contributed by atoms with E-state index >= 15 is 0 Å². The first kappa shape index (κ1) is 29.5. The molecule has 1 aliphatic heterocycles. The summed E-state index contributed by atoms with van der Waals surface area (Å²) in [6, 6.07) is 12.3. The minimum Gasteiger partial charge on any atom is -0.490 e. The summed E-state index contributed by atoms with van der Waals surface area (Å²) in [5, 5.41) is 21.2. The van der Waals surface area contributed by atoms with Gasteiger partial charge in [-0.05, 0) is 58.4 Å². The van der Waals surface area contributed by atoms with Crippen molar-refractivity contribution in [3.63, 3.8) is 0 Å². The molecule has 0 saturated heterocycles. The quantitative estimate of drug-likeness (QED) is 0.120. The van der Waals surface area contributed by atoms with Crippen LogP contribution in [0.1, 0.15) is 56.6 Å². The third-order valence-corrected chi connectivity index (χ3v) is 6.81. The number of methoxy groups -OCH3 is 1. The summed E-state index contributed by atoms with van der Waals surface area (Å²) in [5.74, 6) is 0.223. The van der Waals surface area contributed by atoms with Crippen molar-refractivity contribution in [2.45, 2.75) is 52.9 Å². The molecule has 0 saturated carbocycles. The van der Waals surface area contributed by atoms with Gasteiger partial charge in [-0.1, -0.05) is 24.3 Å². The third kappa shape index (κ3) is 6.30. The Kier molecular flexibility index (Phi) is 9.18. The zero-order valence-corrected chi connectivity index (χ0v) is 24.1. The molecular weight excluding hydrogens is 526 g/mol. The standard InChI is InChI=1S/C30H37N5O6/c1-7-40-25-14-20(28-27(29(37)39-6)18(4)32-30(38)33-28)12-13-24(25)41-16-26(36)34-31-15-22-19(5)35(17(2)3)23-11-9-8-10-21(22)23/h8-15,17,26,28,34,36H,7,16H2,1-6H3,(H2,32,33,38)/b31-15+/t26-,28-/m1/s1. The smallest absolute Gasteiger partial charge is 0.337 e. The second-order valence-electron chi connectivity index (χ2n) is 9.90. The van der Waals surface area contributed by atoms with Crippen molar-refractivity contribution in [3.8, 4) is 11.5 Å². The predicted octanol–water partition coefficient (Wildman–Crippen LogP) is 4.05. The first-order valence-corrected chi connectivity index (χ1v) is 13.5. The van der Waals surface area contributed by atoms with Gasteiger partial charge in [0.1, 0.15) is 6.61 Å². The maximum atomic E-state index is 12.4. The number of amides is 2. The van der Waals surface area contributed by atoms with Crippen LogP contribution in [0.4, 0.5) is 4.79 Å². The molecular formula is C30H37N5O6. The molecule has 2 amide bonds. The normalized spacial score (nSPS) is 16.1. The van der Waals surface area contributed by atoms with Crippen LogP contribution >= 0.6 is 0 Å². The van der Waals surface area contributed by atoms with Crippen molar-refractivity contribution in [3.05, 3.63) is 70.6 Å². The first-order chi connectivity index (χ1) is 19.7. The number of nitrogens with one attached hydrogen (secondary N) is 3. The Morgan fingerprint density at radius 1 is 1.17 bits per heavy atom. The van der Waals surface area contributed by atoms with Gasteiger partial charge < -0.3 is 34.5 Å². The molecule has 4 N–H and O–H groups in total. The number of hydrazone groups is 1. The molecule has 0 radical (unpaired) electrons. The van der Waals surface area contributed by atoms with Gasteiger partial charge in [0, 0.05) is 33.9 Å². The van der Waals surface area contributed by atoms with E-state index in [2.05, 4.69) is 58.6 Å². The lowest BCUT2D eigenvalue weighted by Gasteiger charge is -2.28. The van der Waals surface area contributed by atoms with E-state index in [0.29, 0.717) is 29.4 Å². The summed E-state index contributed by atoms with van der Waals surface area (Å²) in [5.41, 5.74) is 7.21. The van der Waals surface area contributed by atoms with E-state index in [1.54, 1.807) is 31.3 Å². The zero-order chi connectivity index (χ0) is 29.7. The van der Waals surface area contributed by atoms with Crippen LogP contribution < -0.4 is 25.5 Å². The number of para-hydroxylation sites is 1. The molecule has 2 aromatic carbocycles. The average Bonchev–Trinajstić information content (AvgIpc) is 3.22. The van der Waals surface area contributed by atoms with E-state index in [1.807, 2.05) is 19.1 Å². The summed E-state index contributed by atoms with van der Waals surface area (Å²) < 4.78 is 18.8. The van der Waals surface area contributed by atoms with Gasteiger partial charge in [0.05, 0.1) is 31.5 Å². The SMILES string of the molecule is CCOc1cc([C@H]2NC(=O)NC(C)=C2C(=O)OC)ccc1OC[C@@H](O)N/N=C/c1c(C)n(C(C)C)c2ccccc12. The van der Waals surface area contributed by atoms with Crippen molar-refractivity contribution in [2.75, 3.05) is 20.3 Å². The van der Waals surface area contributed by atoms with E-state index < -0.39 is 24.3 Å². The van der Waals surface area contributed by atoms with Crippen molar-refractivity contribution >= 4 is 29.1 Å². The molecule has 0 unspecified atom stereocenters. The van der Waals surface area contributed by atoms with Crippen molar-refractivity contribution < 1.29 is 28.9 Å². The van der Waals surface area contributed by atoms with Gasteiger partial charge in [-0.2, -0.15) is 5.10 Å². The number of carbonyl (C=O) groups excluding carboxylic acids is 2. The van der Waals surface area contributed by atoms with E-state index in [9.17, 15) is 14.7 Å². The highest BCUT2D eigenvalue weighted by molar-refractivity contribution is 6.01. The molecule has 41 heavy (non-hydrogen) atoms. The number of allylic oxidation sites excluding steroid dienone is 1. The van der Waals surface area contributed by atoms with Crippen molar-refractivity contribution in [1.82, 2.24) is 20.6 Å². The van der Waals surface area contributed by atoms with Gasteiger partial charge in [-0.25, -0.2) is 9.59 Å². The maximum Gasteiger partial charge on any atom is 0.337 e. The Morgan fingerprint density at radius 2 is 1.93 bits per heavy atom. The lowest BCUT2D eigenvalue weighted by atomic mass is 9.95. The largest absolute Gasteiger partial charge is 0.490 e. The number of rotatable bonds is 11. The molecule has 3 aromatic rings. The molecule has 2 atom stereocenters. The van der Waals surface area contributed by atoms with E-state index in [-0.39, 0.29) is 18.2 Å². The number of nitrogens with zero attached hydrogens (tertiary/aromatic N) is 2. The van der Waals surface area contributed by atoms with Gasteiger partial charge in [0.25, 0.3) is 0 Å². The fourth-order valence-electron chi connectivity index (χ4n) is 5.06. The monoisotopic (exact) mass is 563 g/mol. The first-order valence-electron chi connectivity index (χ1n) is 13.5. The molecule has 1 aromatic heterocycles. The molecule has 218 valence electrons. The van der Waals surface area contributed by atoms with Crippen molar-refractivity contribution in [2.24, 2.45) is 5.10 Å². The number of esters is 1. The Bertz CT molecular complexity index is 1490. The Morgan fingerprint density at radius 3 is 2.63 bits per heavy atom. The molecule has 4 rings (SSSR count). The van der Waals surface area contributed by atoms with Crippen LogP contribution in [0.3, 0.4) is 0 Å². The van der Waals surface area contributed by atoms with Crippen LogP contribution in [0.2, 0.25) is 0 Å². The summed E-state index contributed by atoms with van der Waals surface area (Å²) in [6.45, 7) is 10.0. The number of aliphatic hydroxyl groups excluding tert-OH is 1. The van der Waals surface area contributed by atoms with E-state index in [4.69, 9.17) is 14.2 Å². The second kappa shape index (κ2) is 12.8. The van der Waals surface area contributed by atoms with Crippen LogP contribution in [-0.2, 0) is 9.53 Å². The highest BCUT2D eigenvalue weighted by Gasteiger charge is 2.32. The molecule has 0 fully saturated rings. The second-order valence-corrected chi connectivity index (χ2v) is 9.90. The van der Waals surface area contributed by atoms with Gasteiger partial charge in [-0.3, -0.25) is 5.43 Å². The minimum absolute atomic E-state index is 0.111. The number of fused-ring (bicyclic) bond motifs is 1. The Labute approximate surface area is 239 Å². The van der Waals surface area contributed by atoms with E-state index in [1.165, 1.54) is 7.11 Å². The number of hydrogen-bond acceptors (Lipinski definition) is 8. The molecule has 0 bridgehead atoms. The number of aliphatic hydroxyl groups is 1. The van der Waals surface area contributed by atoms with Crippen molar-refractivity contribution in [1.29, 1.82) is 0 Å². The lowest BCUT2D eigenvalue weighted by Crippen LogP contribution is -2.45. The number of ether oxygens (including phenoxy) is 3. The van der Waals surface area contributed by atoms with Crippen LogP contribution in [0.25, 0.3) is 10.9 Å². The summed E-state index contributed by atoms with van der Waals surface area (Å²) in [7, 11) is 1.28. The molecule has 11 nitrogen and oxygen atoms in total. The number of urea groups is 1. The number of benzene rings is 2. The Hall–Kier alpha value is -4.51. The summed E-state index contributed by atoms with van der Waals surface area (Å²) in [6.07, 6.45) is 0.612. The zero-order valence-electron chi connectivity index (χ0n) is 24.1. The number of aromatic nitrogens is 1. The van der Waals surface area contributed by atoms with Crippen LogP contribution in [0, 0.1) is 6.92 Å². The molecule has 0 aliphatic carbocycles. The highest BCUT2D eigenvalue weighted by atomic mass is 16.5. The highest BCUT2D eigenvalue weighted by Crippen LogP contribution is 2.35. The van der Waals surface area contributed by atoms with Gasteiger partial charge in [-0.15, -0.1) is 0 Å². The molecule has 2 heterocycles. The summed E-state index contributed by atoms with van der Waals surface area (Å²) in [4.78, 5) is 24.6. The van der Waals surface area contributed by atoms with Gasteiger partial charge in [0.15, 0.2) is 17.7 Å². The van der Waals surface area contributed by atoms with E-state index in [0.717, 1.165) is 22.2 Å². The predicted molar refractivity (Wildman–Crippen MR) is 156 cm³/mol. The van der Waals surface area contributed by atoms with Crippen LogP contribution in [-0.4, -0.2) is 54.4 Å². The molecule has 1 aliphatic rings.